The lowest BCUT2D eigenvalue weighted by atomic mass is 9.94. The summed E-state index contributed by atoms with van der Waals surface area (Å²) in [6.07, 6.45) is 4.28. The lowest BCUT2D eigenvalue weighted by Crippen LogP contribution is -2.57. The highest BCUT2D eigenvalue weighted by atomic mass is 35.5. The average Bonchev–Trinajstić information content (AvgIpc) is 3.40. The first-order valence-electron chi connectivity index (χ1n) is 14.0. The number of anilines is 1. The number of hydrogen-bond donors (Lipinski definition) is 0. The van der Waals surface area contributed by atoms with E-state index < -0.39 is 11.6 Å². The van der Waals surface area contributed by atoms with E-state index in [4.69, 9.17) is 33.2 Å². The number of aromatic nitrogens is 3. The van der Waals surface area contributed by atoms with Crippen LogP contribution in [0.5, 0.6) is 0 Å². The molecule has 8 nitrogen and oxygen atoms in total. The summed E-state index contributed by atoms with van der Waals surface area (Å²) in [6.45, 7) is 5.42. The van der Waals surface area contributed by atoms with Crippen LogP contribution >= 0.6 is 23.2 Å². The van der Waals surface area contributed by atoms with E-state index in [2.05, 4.69) is 22.4 Å². The van der Waals surface area contributed by atoms with E-state index in [1.807, 2.05) is 18.7 Å². The summed E-state index contributed by atoms with van der Waals surface area (Å²) < 4.78 is 33.0. The van der Waals surface area contributed by atoms with Crippen LogP contribution in [-0.2, 0) is 4.79 Å². The highest BCUT2D eigenvalue weighted by Crippen LogP contribution is 2.44. The Kier molecular flexibility index (Phi) is 7.75. The van der Waals surface area contributed by atoms with E-state index >= 15 is 4.39 Å². The Morgan fingerprint density at radius 3 is 2.72 bits per heavy atom. The molecule has 6 rings (SSSR count). The molecule has 2 atom stereocenters. The van der Waals surface area contributed by atoms with Crippen molar-refractivity contribution in [2.24, 2.45) is 0 Å². The summed E-state index contributed by atoms with van der Waals surface area (Å²) in [5.41, 5.74) is 1.46. The maximum Gasteiger partial charge on any atom is 0.246 e. The molecule has 0 spiro atoms. The first kappa shape index (κ1) is 29.3. The summed E-state index contributed by atoms with van der Waals surface area (Å²) in [5, 5.41) is 9.78. The molecule has 0 N–H and O–H groups in total. The summed E-state index contributed by atoms with van der Waals surface area (Å²) in [6, 6.07) is 7.89. The Bertz CT molecular complexity index is 1810. The molecule has 2 aliphatic heterocycles. The predicted molar refractivity (Wildman–Crippen MR) is 164 cm³/mol. The van der Waals surface area contributed by atoms with Crippen molar-refractivity contribution in [2.45, 2.75) is 37.4 Å². The maximum absolute atomic E-state index is 16.6. The number of hydrogen-bond acceptors (Lipinski definition) is 6. The number of amides is 1. The van der Waals surface area contributed by atoms with Gasteiger partial charge in [-0.05, 0) is 45.1 Å². The number of halogens is 4. The standard InChI is InChI=1S/C31H29Cl2F2N7O/c1-4-24(43)41-11-9-18(12-17(41)8-10-36)42-16-37-29-30(42)21-13-22(32)25(20-6-5-7-23(34)26(20)33)27(35)28(21)38-31(29)40-14-19(15-40)39(2)3/h4-7,13,16-19H,1,8-9,11-12,14-15H2,2-3H3. The number of piperidine rings is 1. The number of likely N-dealkylation sites (N-methyl/N-ethyl adjacent to an activating group) is 1. The second kappa shape index (κ2) is 11.4. The van der Waals surface area contributed by atoms with Crippen LogP contribution in [0.4, 0.5) is 14.6 Å². The number of likely N-dealkylation sites (tertiary alicyclic amines) is 1. The van der Waals surface area contributed by atoms with Crippen LogP contribution in [0, 0.1) is 23.0 Å². The molecular weight excluding hydrogens is 595 g/mol. The number of nitriles is 1. The quantitative estimate of drug-likeness (QED) is 0.237. The Labute approximate surface area is 257 Å². The molecule has 0 aliphatic carbocycles. The van der Waals surface area contributed by atoms with E-state index in [0.717, 1.165) is 0 Å². The molecule has 4 heterocycles. The molecule has 12 heteroatoms. The molecule has 1 amide bonds. The molecule has 0 radical (unpaired) electrons. The van der Waals surface area contributed by atoms with E-state index in [1.165, 1.54) is 24.3 Å². The molecule has 0 bridgehead atoms. The second-order valence-corrected chi connectivity index (χ2v) is 12.1. The average molecular weight is 625 g/mol. The number of carbonyl (C=O) groups is 1. The number of benzene rings is 2. The molecule has 0 saturated carbocycles. The van der Waals surface area contributed by atoms with Crippen LogP contribution in [0.1, 0.15) is 25.3 Å². The fraction of sp³-hybridized carbons (Fsp3) is 0.355. The van der Waals surface area contributed by atoms with Crippen molar-refractivity contribution >= 4 is 56.9 Å². The minimum Gasteiger partial charge on any atom is -0.351 e. The first-order valence-corrected chi connectivity index (χ1v) is 14.7. The third kappa shape index (κ3) is 4.89. The number of carbonyl (C=O) groups excluding carboxylic acids is 1. The largest absolute Gasteiger partial charge is 0.351 e. The van der Waals surface area contributed by atoms with Crippen LogP contribution in [0.15, 0.2) is 43.2 Å². The minimum absolute atomic E-state index is 0.0253. The van der Waals surface area contributed by atoms with Crippen molar-refractivity contribution in [3.05, 3.63) is 64.9 Å². The van der Waals surface area contributed by atoms with Crippen molar-refractivity contribution in [3.8, 4) is 17.2 Å². The van der Waals surface area contributed by atoms with Crippen molar-refractivity contribution in [1.82, 2.24) is 24.3 Å². The van der Waals surface area contributed by atoms with E-state index in [9.17, 15) is 14.4 Å². The van der Waals surface area contributed by atoms with E-state index in [0.29, 0.717) is 60.8 Å². The normalized spacial score (nSPS) is 19.2. The van der Waals surface area contributed by atoms with Gasteiger partial charge in [0.2, 0.25) is 5.91 Å². The Balaban J connectivity index is 1.55. The number of imidazole rings is 1. The fourth-order valence-electron chi connectivity index (χ4n) is 6.23. The summed E-state index contributed by atoms with van der Waals surface area (Å²) >= 11 is 13.0. The fourth-order valence-corrected chi connectivity index (χ4v) is 6.75. The summed E-state index contributed by atoms with van der Waals surface area (Å²) in [5.74, 6) is -1.05. The molecule has 2 aromatic heterocycles. The van der Waals surface area contributed by atoms with Gasteiger partial charge in [-0.2, -0.15) is 5.26 Å². The zero-order valence-electron chi connectivity index (χ0n) is 23.7. The smallest absolute Gasteiger partial charge is 0.246 e. The van der Waals surface area contributed by atoms with E-state index in [-0.39, 0.29) is 51.1 Å². The van der Waals surface area contributed by atoms with Gasteiger partial charge in [-0.25, -0.2) is 18.7 Å². The van der Waals surface area contributed by atoms with Gasteiger partial charge in [0.25, 0.3) is 0 Å². The van der Waals surface area contributed by atoms with Gasteiger partial charge in [0.1, 0.15) is 16.9 Å². The Morgan fingerprint density at radius 2 is 2.02 bits per heavy atom. The van der Waals surface area contributed by atoms with Crippen molar-refractivity contribution in [2.75, 3.05) is 38.6 Å². The third-order valence-electron chi connectivity index (χ3n) is 8.65. The lowest BCUT2D eigenvalue weighted by molar-refractivity contribution is -0.130. The number of fused-ring (bicyclic) bond motifs is 3. The summed E-state index contributed by atoms with van der Waals surface area (Å²) in [4.78, 5) is 28.0. The van der Waals surface area contributed by atoms with Gasteiger partial charge < -0.3 is 19.3 Å². The molecule has 222 valence electrons. The van der Waals surface area contributed by atoms with Crippen LogP contribution < -0.4 is 4.90 Å². The van der Waals surface area contributed by atoms with Crippen LogP contribution in [0.2, 0.25) is 10.0 Å². The van der Waals surface area contributed by atoms with Crippen LogP contribution in [-0.4, -0.2) is 76.1 Å². The number of nitrogens with zero attached hydrogens (tertiary/aromatic N) is 7. The third-order valence-corrected chi connectivity index (χ3v) is 9.33. The molecule has 2 unspecified atom stereocenters. The first-order chi connectivity index (χ1) is 20.6. The van der Waals surface area contributed by atoms with Gasteiger partial charge in [0.05, 0.1) is 34.4 Å². The predicted octanol–water partition coefficient (Wildman–Crippen LogP) is 6.22. The SMILES string of the molecule is C=CC(=O)N1CCC(n2cnc3c(N4CC(N(C)C)C4)nc4c(F)c(-c5cccc(F)c5Cl)c(Cl)cc4c32)CC1CC#N. The maximum atomic E-state index is 16.6. The van der Waals surface area contributed by atoms with Gasteiger partial charge in [-0.1, -0.05) is 41.9 Å². The van der Waals surface area contributed by atoms with Gasteiger partial charge in [0.15, 0.2) is 11.6 Å². The Morgan fingerprint density at radius 1 is 1.26 bits per heavy atom. The zero-order chi connectivity index (χ0) is 30.6. The van der Waals surface area contributed by atoms with Gasteiger partial charge in [-0.3, -0.25) is 4.79 Å². The second-order valence-electron chi connectivity index (χ2n) is 11.3. The number of rotatable bonds is 6. The topological polar surface area (TPSA) is 81.3 Å². The van der Waals surface area contributed by atoms with Crippen molar-refractivity contribution in [3.63, 3.8) is 0 Å². The minimum atomic E-state index is -0.704. The summed E-state index contributed by atoms with van der Waals surface area (Å²) in [7, 11) is 4.02. The number of pyridine rings is 1. The highest BCUT2D eigenvalue weighted by Gasteiger charge is 2.35. The van der Waals surface area contributed by atoms with Crippen LogP contribution in [0.25, 0.3) is 33.1 Å². The lowest BCUT2D eigenvalue weighted by Gasteiger charge is -2.43. The van der Waals surface area contributed by atoms with Crippen molar-refractivity contribution < 1.29 is 13.6 Å². The van der Waals surface area contributed by atoms with Gasteiger partial charge >= 0.3 is 0 Å². The van der Waals surface area contributed by atoms with Crippen LogP contribution in [0.3, 0.4) is 0 Å². The molecule has 2 fully saturated rings. The molecular formula is C31H29Cl2F2N7O. The van der Waals surface area contributed by atoms with E-state index in [1.54, 1.807) is 17.3 Å². The molecule has 4 aromatic rings. The van der Waals surface area contributed by atoms with Gasteiger partial charge in [-0.15, -0.1) is 0 Å². The molecule has 2 aromatic carbocycles. The molecule has 43 heavy (non-hydrogen) atoms. The van der Waals surface area contributed by atoms with Gasteiger partial charge in [0, 0.05) is 54.3 Å². The molecule has 2 saturated heterocycles. The highest BCUT2D eigenvalue weighted by molar-refractivity contribution is 6.37. The zero-order valence-corrected chi connectivity index (χ0v) is 25.2. The monoisotopic (exact) mass is 623 g/mol. The van der Waals surface area contributed by atoms with Crippen molar-refractivity contribution in [1.29, 1.82) is 5.26 Å². The Hall–Kier alpha value is -3.78. The molecule has 2 aliphatic rings.